The molecule has 0 N–H and O–H groups in total. The summed E-state index contributed by atoms with van der Waals surface area (Å²) < 4.78 is 0. The predicted molar refractivity (Wildman–Crippen MR) is 32.2 cm³/mol. The summed E-state index contributed by atoms with van der Waals surface area (Å²) in [6, 6.07) is 0. The predicted octanol–water partition coefficient (Wildman–Crippen LogP) is 0.454. The van der Waals surface area contributed by atoms with E-state index in [4.69, 9.17) is 6.58 Å². The number of amides is 1. The summed E-state index contributed by atoms with van der Waals surface area (Å²) in [5.41, 5.74) is 0. The molecule has 0 aliphatic heterocycles. The summed E-state index contributed by atoms with van der Waals surface area (Å²) in [4.78, 5) is 12.1. The zero-order valence-electron chi connectivity index (χ0n) is 5.22. The molecule has 0 aromatic rings. The minimum atomic E-state index is 0.0347. The van der Waals surface area contributed by atoms with Crippen molar-refractivity contribution in [3.05, 3.63) is 12.7 Å². The standard InChI is InChI=1S/C6H10NO/c1-4-5-6(8)7(2)3/h1,4H,5H2,2-3H3. The molecule has 0 saturated carbocycles. The Balaban J connectivity index is 3.48. The summed E-state index contributed by atoms with van der Waals surface area (Å²) in [5.74, 6) is 0.0347. The van der Waals surface area contributed by atoms with Gasteiger partial charge in [0.1, 0.15) is 0 Å². The van der Waals surface area contributed by atoms with E-state index in [-0.39, 0.29) is 5.91 Å². The molecule has 0 atom stereocenters. The minimum Gasteiger partial charge on any atom is -0.349 e. The Morgan fingerprint density at radius 2 is 2.25 bits per heavy atom. The third kappa shape index (κ3) is 2.39. The van der Waals surface area contributed by atoms with Crippen molar-refractivity contribution < 1.29 is 4.79 Å². The molecular formula is C6H10NO. The van der Waals surface area contributed by atoms with Crippen LogP contribution < -0.4 is 0 Å². The normalized spacial score (nSPS) is 8.25. The summed E-state index contributed by atoms with van der Waals surface area (Å²) >= 11 is 0. The summed E-state index contributed by atoms with van der Waals surface area (Å²) in [7, 11) is 3.40. The molecule has 0 saturated heterocycles. The van der Waals surface area contributed by atoms with Gasteiger partial charge in [-0.2, -0.15) is 0 Å². The van der Waals surface area contributed by atoms with Crippen LogP contribution in [0.1, 0.15) is 6.42 Å². The van der Waals surface area contributed by atoms with E-state index in [1.807, 2.05) is 0 Å². The average Bonchev–Trinajstić information content (AvgIpc) is 1.67. The molecular weight excluding hydrogens is 102 g/mol. The van der Waals surface area contributed by atoms with Gasteiger partial charge in [0.25, 0.3) is 0 Å². The second-order valence-electron chi connectivity index (χ2n) is 1.73. The van der Waals surface area contributed by atoms with Gasteiger partial charge in [-0.3, -0.25) is 4.79 Å². The Hall–Kier alpha value is -0.790. The van der Waals surface area contributed by atoms with Gasteiger partial charge in [-0.1, -0.05) is 12.7 Å². The highest BCUT2D eigenvalue weighted by atomic mass is 16.2. The minimum absolute atomic E-state index is 0.0347. The Labute approximate surface area is 49.8 Å². The average molecular weight is 112 g/mol. The van der Waals surface area contributed by atoms with Crippen LogP contribution in [0.2, 0.25) is 0 Å². The first-order valence-electron chi connectivity index (χ1n) is 2.42. The van der Waals surface area contributed by atoms with Crippen LogP contribution in [0.25, 0.3) is 0 Å². The topological polar surface area (TPSA) is 20.3 Å². The summed E-state index contributed by atoms with van der Waals surface area (Å²) in [6.45, 7) is 4.99. The molecule has 1 amide bonds. The van der Waals surface area contributed by atoms with Gasteiger partial charge in [-0.05, 0) is 0 Å². The second kappa shape index (κ2) is 3.24. The number of rotatable bonds is 2. The number of hydrogen-bond donors (Lipinski definition) is 0. The maximum atomic E-state index is 10.6. The van der Waals surface area contributed by atoms with Crippen molar-refractivity contribution in [3.8, 4) is 0 Å². The third-order valence-corrected chi connectivity index (χ3v) is 0.791. The molecule has 8 heavy (non-hydrogen) atoms. The van der Waals surface area contributed by atoms with Gasteiger partial charge < -0.3 is 4.90 Å². The van der Waals surface area contributed by atoms with Crippen molar-refractivity contribution in [3.63, 3.8) is 0 Å². The first-order chi connectivity index (χ1) is 3.68. The van der Waals surface area contributed by atoms with Gasteiger partial charge in [0.15, 0.2) is 0 Å². The highest BCUT2D eigenvalue weighted by Crippen LogP contribution is 1.84. The highest BCUT2D eigenvalue weighted by Gasteiger charge is 1.97. The van der Waals surface area contributed by atoms with E-state index < -0.39 is 0 Å². The molecule has 0 aromatic heterocycles. The lowest BCUT2D eigenvalue weighted by Crippen LogP contribution is -2.20. The van der Waals surface area contributed by atoms with Crippen LogP contribution in [0.15, 0.2) is 6.08 Å². The lowest BCUT2D eigenvalue weighted by atomic mass is 10.4. The molecule has 45 valence electrons. The monoisotopic (exact) mass is 112 g/mol. The van der Waals surface area contributed by atoms with Gasteiger partial charge >= 0.3 is 0 Å². The van der Waals surface area contributed by atoms with Crippen molar-refractivity contribution in [1.82, 2.24) is 4.90 Å². The lowest BCUT2D eigenvalue weighted by Gasteiger charge is -2.06. The molecule has 0 aromatic carbocycles. The van der Waals surface area contributed by atoms with E-state index in [9.17, 15) is 4.79 Å². The fourth-order valence-corrected chi connectivity index (χ4v) is 0.283. The van der Waals surface area contributed by atoms with Crippen molar-refractivity contribution in [2.75, 3.05) is 14.1 Å². The molecule has 0 bridgehead atoms. The van der Waals surface area contributed by atoms with E-state index in [2.05, 4.69) is 0 Å². The molecule has 0 spiro atoms. The molecule has 0 unspecified atom stereocenters. The molecule has 2 nitrogen and oxygen atoms in total. The third-order valence-electron chi connectivity index (χ3n) is 0.791. The lowest BCUT2D eigenvalue weighted by molar-refractivity contribution is -0.127. The zero-order valence-corrected chi connectivity index (χ0v) is 5.22. The quantitative estimate of drug-likeness (QED) is 0.508. The van der Waals surface area contributed by atoms with Crippen molar-refractivity contribution in [2.24, 2.45) is 0 Å². The molecule has 1 radical (unpaired) electrons. The van der Waals surface area contributed by atoms with E-state index in [0.717, 1.165) is 0 Å². The van der Waals surface area contributed by atoms with Gasteiger partial charge in [0.2, 0.25) is 5.91 Å². The van der Waals surface area contributed by atoms with Crippen molar-refractivity contribution in [2.45, 2.75) is 6.42 Å². The largest absolute Gasteiger partial charge is 0.349 e. The number of hydrogen-bond acceptors (Lipinski definition) is 1. The van der Waals surface area contributed by atoms with Gasteiger partial charge in [0.05, 0.1) is 0 Å². The molecule has 0 aliphatic carbocycles. The van der Waals surface area contributed by atoms with Gasteiger partial charge in [0, 0.05) is 20.5 Å². The summed E-state index contributed by atoms with van der Waals surface area (Å²) in [5, 5.41) is 0. The van der Waals surface area contributed by atoms with Crippen LogP contribution in [0.3, 0.4) is 0 Å². The van der Waals surface area contributed by atoms with Crippen molar-refractivity contribution in [1.29, 1.82) is 0 Å². The van der Waals surface area contributed by atoms with Crippen LogP contribution in [-0.2, 0) is 4.79 Å². The van der Waals surface area contributed by atoms with E-state index in [1.54, 1.807) is 14.1 Å². The van der Waals surface area contributed by atoms with Crippen LogP contribution >= 0.6 is 0 Å². The van der Waals surface area contributed by atoms with Crippen LogP contribution in [-0.4, -0.2) is 24.9 Å². The van der Waals surface area contributed by atoms with Crippen LogP contribution in [0, 0.1) is 6.58 Å². The van der Waals surface area contributed by atoms with Gasteiger partial charge in [-0.25, -0.2) is 0 Å². The van der Waals surface area contributed by atoms with E-state index in [0.29, 0.717) is 6.42 Å². The maximum Gasteiger partial charge on any atom is 0.225 e. The molecule has 2 heteroatoms. The SMILES string of the molecule is [CH]=CCC(=O)N(C)C. The summed E-state index contributed by atoms with van der Waals surface area (Å²) in [6.07, 6.45) is 1.68. The van der Waals surface area contributed by atoms with Crippen LogP contribution in [0.5, 0.6) is 0 Å². The smallest absolute Gasteiger partial charge is 0.225 e. The number of nitrogens with zero attached hydrogens (tertiary/aromatic N) is 1. The fraction of sp³-hybridized carbons (Fsp3) is 0.500. The van der Waals surface area contributed by atoms with E-state index in [1.165, 1.54) is 11.0 Å². The van der Waals surface area contributed by atoms with E-state index >= 15 is 0 Å². The Bertz CT molecular complexity index is 96.7. The molecule has 0 rings (SSSR count). The maximum absolute atomic E-state index is 10.6. The Morgan fingerprint density at radius 3 is 2.38 bits per heavy atom. The first-order valence-corrected chi connectivity index (χ1v) is 2.42. The number of carbonyl (C=O) groups is 1. The first kappa shape index (κ1) is 7.21. The second-order valence-corrected chi connectivity index (χ2v) is 1.73. The van der Waals surface area contributed by atoms with Gasteiger partial charge in [-0.15, -0.1) is 0 Å². The Morgan fingerprint density at radius 1 is 1.75 bits per heavy atom. The molecule has 0 aliphatic rings. The fourth-order valence-electron chi connectivity index (χ4n) is 0.283. The van der Waals surface area contributed by atoms with Crippen molar-refractivity contribution >= 4 is 5.91 Å². The van der Waals surface area contributed by atoms with Crippen LogP contribution in [0.4, 0.5) is 0 Å². The molecule has 0 heterocycles. The zero-order chi connectivity index (χ0) is 6.57. The highest BCUT2D eigenvalue weighted by molar-refractivity contribution is 5.76. The Kier molecular flexibility index (Phi) is 2.92. The molecule has 0 fully saturated rings. The number of carbonyl (C=O) groups excluding carboxylic acids is 1.